The second-order valence-corrected chi connectivity index (χ2v) is 4.42. The summed E-state index contributed by atoms with van der Waals surface area (Å²) in [7, 11) is 0. The molecule has 0 aromatic carbocycles. The van der Waals surface area contributed by atoms with Crippen molar-refractivity contribution >= 4 is 0 Å². The first-order chi connectivity index (χ1) is 6.18. The molecule has 1 unspecified atom stereocenters. The highest BCUT2D eigenvalue weighted by atomic mass is 16.5. The molecule has 1 N–H and O–H groups in total. The van der Waals surface area contributed by atoms with Crippen LogP contribution in [0.15, 0.2) is 0 Å². The maximum Gasteiger partial charge on any atom is 0.0651 e. The Hall–Kier alpha value is -0.0800. The molecule has 1 fully saturated rings. The maximum atomic E-state index is 5.72. The predicted octanol–water partition coefficient (Wildman–Crippen LogP) is 2.33. The van der Waals surface area contributed by atoms with Crippen LogP contribution in [-0.2, 0) is 4.74 Å². The molecule has 0 amide bonds. The highest BCUT2D eigenvalue weighted by Crippen LogP contribution is 2.25. The SMILES string of the molecule is CCCC1(COC(C)C)CCCN1. The van der Waals surface area contributed by atoms with E-state index in [-0.39, 0.29) is 0 Å². The van der Waals surface area contributed by atoms with Crippen LogP contribution in [-0.4, -0.2) is 24.8 Å². The molecule has 1 rings (SSSR count). The monoisotopic (exact) mass is 185 g/mol. The lowest BCUT2D eigenvalue weighted by molar-refractivity contribution is 0.0302. The van der Waals surface area contributed by atoms with E-state index in [1.165, 1.54) is 32.2 Å². The molecular formula is C11H23NO. The quantitative estimate of drug-likeness (QED) is 0.710. The third-order valence-electron chi connectivity index (χ3n) is 2.75. The summed E-state index contributed by atoms with van der Waals surface area (Å²) in [6, 6.07) is 0. The van der Waals surface area contributed by atoms with Gasteiger partial charge in [0.2, 0.25) is 0 Å². The van der Waals surface area contributed by atoms with Crippen molar-refractivity contribution < 1.29 is 4.74 Å². The molecule has 0 saturated carbocycles. The number of hydrogen-bond acceptors (Lipinski definition) is 2. The van der Waals surface area contributed by atoms with E-state index < -0.39 is 0 Å². The fraction of sp³-hybridized carbons (Fsp3) is 1.00. The summed E-state index contributed by atoms with van der Waals surface area (Å²) in [5.74, 6) is 0. The van der Waals surface area contributed by atoms with Crippen molar-refractivity contribution in [2.24, 2.45) is 0 Å². The highest BCUT2D eigenvalue weighted by Gasteiger charge is 2.32. The largest absolute Gasteiger partial charge is 0.377 e. The zero-order chi connectivity index (χ0) is 9.73. The van der Waals surface area contributed by atoms with E-state index in [4.69, 9.17) is 4.74 Å². The van der Waals surface area contributed by atoms with Crippen molar-refractivity contribution in [2.75, 3.05) is 13.2 Å². The minimum atomic E-state index is 0.305. The molecule has 2 nitrogen and oxygen atoms in total. The third-order valence-corrected chi connectivity index (χ3v) is 2.75. The lowest BCUT2D eigenvalue weighted by Gasteiger charge is -2.29. The summed E-state index contributed by atoms with van der Waals surface area (Å²) in [4.78, 5) is 0. The van der Waals surface area contributed by atoms with Crippen LogP contribution in [0.25, 0.3) is 0 Å². The van der Waals surface area contributed by atoms with Gasteiger partial charge < -0.3 is 10.1 Å². The van der Waals surface area contributed by atoms with Crippen LogP contribution in [0.5, 0.6) is 0 Å². The Balaban J connectivity index is 2.37. The van der Waals surface area contributed by atoms with Crippen molar-refractivity contribution in [1.82, 2.24) is 5.32 Å². The van der Waals surface area contributed by atoms with Crippen molar-refractivity contribution in [3.8, 4) is 0 Å². The highest BCUT2D eigenvalue weighted by molar-refractivity contribution is 4.92. The van der Waals surface area contributed by atoms with Crippen molar-refractivity contribution in [3.63, 3.8) is 0 Å². The van der Waals surface area contributed by atoms with E-state index in [1.54, 1.807) is 0 Å². The molecule has 2 heteroatoms. The van der Waals surface area contributed by atoms with E-state index in [0.717, 1.165) is 6.61 Å². The van der Waals surface area contributed by atoms with E-state index in [0.29, 0.717) is 11.6 Å². The first-order valence-electron chi connectivity index (χ1n) is 5.55. The first-order valence-corrected chi connectivity index (χ1v) is 5.55. The van der Waals surface area contributed by atoms with Crippen LogP contribution < -0.4 is 5.32 Å². The second kappa shape index (κ2) is 4.97. The first kappa shape index (κ1) is 11.0. The fourth-order valence-corrected chi connectivity index (χ4v) is 2.08. The summed E-state index contributed by atoms with van der Waals surface area (Å²) in [6.45, 7) is 8.51. The van der Waals surface area contributed by atoms with Gasteiger partial charge in [-0.2, -0.15) is 0 Å². The van der Waals surface area contributed by atoms with E-state index in [1.807, 2.05) is 0 Å². The summed E-state index contributed by atoms with van der Waals surface area (Å²) in [5.41, 5.74) is 0.305. The molecule has 0 aromatic rings. The average Bonchev–Trinajstić information content (AvgIpc) is 2.51. The van der Waals surface area contributed by atoms with Crippen LogP contribution in [0.3, 0.4) is 0 Å². The van der Waals surface area contributed by atoms with Gasteiger partial charge in [-0.25, -0.2) is 0 Å². The molecule has 1 atom stereocenters. The molecule has 0 radical (unpaired) electrons. The molecule has 0 aromatic heterocycles. The van der Waals surface area contributed by atoms with Gasteiger partial charge in [0.05, 0.1) is 12.7 Å². The van der Waals surface area contributed by atoms with Gasteiger partial charge in [-0.1, -0.05) is 13.3 Å². The zero-order valence-electron chi connectivity index (χ0n) is 9.23. The van der Waals surface area contributed by atoms with Crippen molar-refractivity contribution in [2.45, 2.75) is 58.1 Å². The summed E-state index contributed by atoms with van der Waals surface area (Å²) < 4.78 is 5.72. The van der Waals surface area contributed by atoms with Gasteiger partial charge in [0.1, 0.15) is 0 Å². The number of hydrogen-bond donors (Lipinski definition) is 1. The zero-order valence-corrected chi connectivity index (χ0v) is 9.23. The minimum Gasteiger partial charge on any atom is -0.377 e. The van der Waals surface area contributed by atoms with Gasteiger partial charge in [0.25, 0.3) is 0 Å². The van der Waals surface area contributed by atoms with Gasteiger partial charge in [0, 0.05) is 5.54 Å². The molecule has 1 aliphatic heterocycles. The molecule has 78 valence electrons. The Kier molecular flexibility index (Phi) is 4.20. The Morgan fingerprint density at radius 1 is 1.46 bits per heavy atom. The van der Waals surface area contributed by atoms with Crippen LogP contribution in [0, 0.1) is 0 Å². The Labute approximate surface area is 82.0 Å². The molecule has 1 saturated heterocycles. The van der Waals surface area contributed by atoms with E-state index in [2.05, 4.69) is 26.1 Å². The van der Waals surface area contributed by atoms with Crippen LogP contribution in [0.1, 0.15) is 46.5 Å². The maximum absolute atomic E-state index is 5.72. The number of rotatable bonds is 5. The molecule has 0 bridgehead atoms. The average molecular weight is 185 g/mol. The van der Waals surface area contributed by atoms with E-state index in [9.17, 15) is 0 Å². The minimum absolute atomic E-state index is 0.305. The number of ether oxygens (including phenoxy) is 1. The Morgan fingerprint density at radius 2 is 2.23 bits per heavy atom. The van der Waals surface area contributed by atoms with Gasteiger partial charge in [-0.3, -0.25) is 0 Å². The van der Waals surface area contributed by atoms with Crippen molar-refractivity contribution in [1.29, 1.82) is 0 Å². The lowest BCUT2D eigenvalue weighted by Crippen LogP contribution is -2.44. The fourth-order valence-electron chi connectivity index (χ4n) is 2.08. The lowest BCUT2D eigenvalue weighted by atomic mass is 9.93. The van der Waals surface area contributed by atoms with Gasteiger partial charge in [-0.05, 0) is 39.7 Å². The molecule has 1 heterocycles. The van der Waals surface area contributed by atoms with Gasteiger partial charge >= 0.3 is 0 Å². The number of nitrogens with one attached hydrogen (secondary N) is 1. The van der Waals surface area contributed by atoms with Gasteiger partial charge in [-0.15, -0.1) is 0 Å². The van der Waals surface area contributed by atoms with Crippen LogP contribution >= 0.6 is 0 Å². The Bertz CT molecular complexity index is 139. The second-order valence-electron chi connectivity index (χ2n) is 4.42. The standard InChI is InChI=1S/C11H23NO/c1-4-6-11(7-5-8-12-11)9-13-10(2)3/h10,12H,4-9H2,1-3H3. The van der Waals surface area contributed by atoms with Crippen LogP contribution in [0.4, 0.5) is 0 Å². The summed E-state index contributed by atoms with van der Waals surface area (Å²) >= 11 is 0. The molecule has 13 heavy (non-hydrogen) atoms. The molecule has 0 aliphatic carbocycles. The predicted molar refractivity (Wildman–Crippen MR) is 56.0 cm³/mol. The summed E-state index contributed by atoms with van der Waals surface area (Å²) in [6.07, 6.45) is 5.44. The third kappa shape index (κ3) is 3.28. The topological polar surface area (TPSA) is 21.3 Å². The molecular weight excluding hydrogens is 162 g/mol. The normalized spacial score (nSPS) is 28.6. The molecule has 1 aliphatic rings. The Morgan fingerprint density at radius 3 is 2.69 bits per heavy atom. The van der Waals surface area contributed by atoms with Gasteiger partial charge in [0.15, 0.2) is 0 Å². The van der Waals surface area contributed by atoms with Crippen LogP contribution in [0.2, 0.25) is 0 Å². The van der Waals surface area contributed by atoms with Crippen molar-refractivity contribution in [3.05, 3.63) is 0 Å². The molecule has 0 spiro atoms. The van der Waals surface area contributed by atoms with E-state index >= 15 is 0 Å². The smallest absolute Gasteiger partial charge is 0.0651 e. The summed E-state index contributed by atoms with van der Waals surface area (Å²) in [5, 5.41) is 3.60.